The molecule has 0 aliphatic heterocycles. The summed E-state index contributed by atoms with van der Waals surface area (Å²) in [5.41, 5.74) is 4.36. The molecule has 0 atom stereocenters. The van der Waals surface area contributed by atoms with Crippen molar-refractivity contribution in [2.24, 2.45) is 7.05 Å². The lowest BCUT2D eigenvalue weighted by Gasteiger charge is -1.98. The van der Waals surface area contributed by atoms with Gasteiger partial charge in [-0.05, 0) is 36.8 Å². The molecule has 1 heterocycles. The zero-order valence-electron chi connectivity index (χ0n) is 9.86. The molecule has 3 rings (SSSR count). The van der Waals surface area contributed by atoms with Gasteiger partial charge in [-0.3, -0.25) is 0 Å². The Morgan fingerprint density at radius 3 is 2.59 bits per heavy atom. The summed E-state index contributed by atoms with van der Waals surface area (Å²) in [5, 5.41) is 11.3. The molecule has 82 valence electrons. The maximum Gasteiger partial charge on any atom is 0.0991 e. The van der Waals surface area contributed by atoms with Crippen LogP contribution in [0.25, 0.3) is 21.8 Å². The number of benzene rings is 2. The summed E-state index contributed by atoms with van der Waals surface area (Å²) in [6.45, 7) is 2.10. The molecular formula is C15H12N2. The van der Waals surface area contributed by atoms with Gasteiger partial charge in [0.25, 0.3) is 0 Å². The summed E-state index contributed by atoms with van der Waals surface area (Å²) < 4.78 is 2.18. The van der Waals surface area contributed by atoms with E-state index in [0.717, 1.165) is 5.39 Å². The number of fused-ring (bicyclic) bond motifs is 3. The van der Waals surface area contributed by atoms with Crippen molar-refractivity contribution in [3.8, 4) is 6.07 Å². The molecule has 0 spiro atoms. The number of hydrogen-bond acceptors (Lipinski definition) is 1. The van der Waals surface area contributed by atoms with Crippen molar-refractivity contribution in [3.05, 3.63) is 47.5 Å². The van der Waals surface area contributed by atoms with Crippen LogP contribution < -0.4 is 0 Å². The molecule has 0 aliphatic rings. The second kappa shape index (κ2) is 3.36. The van der Waals surface area contributed by atoms with Gasteiger partial charge in [0.1, 0.15) is 0 Å². The van der Waals surface area contributed by atoms with Crippen molar-refractivity contribution >= 4 is 21.8 Å². The molecule has 0 saturated carbocycles. The first-order chi connectivity index (χ1) is 8.20. The second-order valence-corrected chi connectivity index (χ2v) is 4.42. The first-order valence-corrected chi connectivity index (χ1v) is 5.59. The van der Waals surface area contributed by atoms with E-state index in [2.05, 4.69) is 42.8 Å². The molecule has 2 aromatic carbocycles. The summed E-state index contributed by atoms with van der Waals surface area (Å²) in [7, 11) is 2.07. The normalized spacial score (nSPS) is 10.9. The fourth-order valence-electron chi connectivity index (χ4n) is 2.39. The summed E-state index contributed by atoms with van der Waals surface area (Å²) >= 11 is 0. The maximum atomic E-state index is 8.96. The third-order valence-corrected chi connectivity index (χ3v) is 3.29. The van der Waals surface area contributed by atoms with E-state index in [9.17, 15) is 0 Å². The Balaban J connectivity index is 2.55. The van der Waals surface area contributed by atoms with Crippen molar-refractivity contribution in [3.63, 3.8) is 0 Å². The topological polar surface area (TPSA) is 28.7 Å². The molecule has 3 aromatic rings. The Hall–Kier alpha value is -2.27. The molecule has 1 aromatic heterocycles. The fraction of sp³-hybridized carbons (Fsp3) is 0.133. The van der Waals surface area contributed by atoms with Crippen molar-refractivity contribution in [1.29, 1.82) is 5.26 Å². The lowest BCUT2D eigenvalue weighted by Crippen LogP contribution is -1.86. The van der Waals surface area contributed by atoms with E-state index in [1.807, 2.05) is 18.2 Å². The minimum absolute atomic E-state index is 0.713. The number of aromatic nitrogens is 1. The van der Waals surface area contributed by atoms with Crippen molar-refractivity contribution < 1.29 is 0 Å². The number of nitriles is 1. The smallest absolute Gasteiger partial charge is 0.0991 e. The molecule has 17 heavy (non-hydrogen) atoms. The van der Waals surface area contributed by atoms with Crippen LogP contribution in [-0.2, 0) is 7.05 Å². The molecule has 0 aliphatic carbocycles. The van der Waals surface area contributed by atoms with Gasteiger partial charge in [-0.25, -0.2) is 0 Å². The van der Waals surface area contributed by atoms with Crippen LogP contribution in [0, 0.1) is 18.3 Å². The molecule has 0 saturated heterocycles. The highest BCUT2D eigenvalue weighted by Gasteiger charge is 2.08. The summed E-state index contributed by atoms with van der Waals surface area (Å²) in [5.74, 6) is 0. The summed E-state index contributed by atoms with van der Waals surface area (Å²) in [4.78, 5) is 0. The molecule has 0 bridgehead atoms. The lowest BCUT2D eigenvalue weighted by atomic mass is 10.1. The van der Waals surface area contributed by atoms with Crippen LogP contribution in [0.1, 0.15) is 11.1 Å². The van der Waals surface area contributed by atoms with Crippen LogP contribution in [0.15, 0.2) is 36.4 Å². The van der Waals surface area contributed by atoms with Crippen LogP contribution in [0.3, 0.4) is 0 Å². The highest BCUT2D eigenvalue weighted by Crippen LogP contribution is 2.29. The lowest BCUT2D eigenvalue weighted by molar-refractivity contribution is 1.01. The van der Waals surface area contributed by atoms with Crippen LogP contribution in [-0.4, -0.2) is 4.57 Å². The predicted octanol–water partition coefficient (Wildman–Crippen LogP) is 3.51. The van der Waals surface area contributed by atoms with Gasteiger partial charge in [0.05, 0.1) is 11.6 Å². The van der Waals surface area contributed by atoms with Gasteiger partial charge in [-0.2, -0.15) is 5.26 Å². The average molecular weight is 220 g/mol. The zero-order valence-corrected chi connectivity index (χ0v) is 9.86. The Kier molecular flexibility index (Phi) is 1.96. The quantitative estimate of drug-likeness (QED) is 0.570. The molecular weight excluding hydrogens is 208 g/mol. The maximum absolute atomic E-state index is 8.96. The SMILES string of the molecule is Cc1ccc2c3cc(C#N)ccc3n(C)c2c1. The first kappa shape index (κ1) is 9.92. The molecule has 2 nitrogen and oxygen atoms in total. The van der Waals surface area contributed by atoms with Gasteiger partial charge < -0.3 is 4.57 Å². The largest absolute Gasteiger partial charge is 0.344 e. The molecule has 0 fully saturated rings. The summed E-state index contributed by atoms with van der Waals surface area (Å²) in [6, 6.07) is 14.5. The van der Waals surface area contributed by atoms with Crippen LogP contribution in [0.5, 0.6) is 0 Å². The van der Waals surface area contributed by atoms with Crippen molar-refractivity contribution in [2.45, 2.75) is 6.92 Å². The summed E-state index contributed by atoms with van der Waals surface area (Å²) in [6.07, 6.45) is 0. The number of aryl methyl sites for hydroxylation is 2. The van der Waals surface area contributed by atoms with Gasteiger partial charge in [-0.1, -0.05) is 12.1 Å². The Bertz CT molecular complexity index is 773. The van der Waals surface area contributed by atoms with E-state index in [4.69, 9.17) is 5.26 Å². The van der Waals surface area contributed by atoms with Gasteiger partial charge in [0, 0.05) is 28.9 Å². The molecule has 0 radical (unpaired) electrons. The standard InChI is InChI=1S/C15H12N2/c1-10-3-5-12-13-8-11(9-16)4-6-14(13)17(2)15(12)7-10/h3-8H,1-2H3. The molecule has 0 N–H and O–H groups in total. The third kappa shape index (κ3) is 1.33. The predicted molar refractivity (Wildman–Crippen MR) is 69.9 cm³/mol. The van der Waals surface area contributed by atoms with Gasteiger partial charge >= 0.3 is 0 Å². The highest BCUT2D eigenvalue weighted by molar-refractivity contribution is 6.08. The van der Waals surface area contributed by atoms with E-state index in [-0.39, 0.29) is 0 Å². The van der Waals surface area contributed by atoms with E-state index >= 15 is 0 Å². The number of rotatable bonds is 0. The van der Waals surface area contributed by atoms with Crippen molar-refractivity contribution in [2.75, 3.05) is 0 Å². The number of hydrogen-bond donors (Lipinski definition) is 0. The van der Waals surface area contributed by atoms with E-state index in [1.165, 1.54) is 22.0 Å². The van der Waals surface area contributed by atoms with Crippen molar-refractivity contribution in [1.82, 2.24) is 4.57 Å². The van der Waals surface area contributed by atoms with Gasteiger partial charge in [-0.15, -0.1) is 0 Å². The minimum Gasteiger partial charge on any atom is -0.344 e. The second-order valence-electron chi connectivity index (χ2n) is 4.42. The molecule has 0 unspecified atom stereocenters. The van der Waals surface area contributed by atoms with Crippen LogP contribution in [0.2, 0.25) is 0 Å². The highest BCUT2D eigenvalue weighted by atomic mass is 14.9. The number of nitrogens with zero attached hydrogens (tertiary/aromatic N) is 2. The Morgan fingerprint density at radius 1 is 1.00 bits per heavy atom. The monoisotopic (exact) mass is 220 g/mol. The van der Waals surface area contributed by atoms with E-state index in [0.29, 0.717) is 5.56 Å². The average Bonchev–Trinajstić information content (AvgIpc) is 2.62. The van der Waals surface area contributed by atoms with Crippen LogP contribution >= 0.6 is 0 Å². The fourth-order valence-corrected chi connectivity index (χ4v) is 2.39. The van der Waals surface area contributed by atoms with E-state index in [1.54, 1.807) is 0 Å². The van der Waals surface area contributed by atoms with Crippen LogP contribution in [0.4, 0.5) is 0 Å². The van der Waals surface area contributed by atoms with Gasteiger partial charge in [0.2, 0.25) is 0 Å². The zero-order chi connectivity index (χ0) is 12.0. The van der Waals surface area contributed by atoms with Gasteiger partial charge in [0.15, 0.2) is 0 Å². The third-order valence-electron chi connectivity index (χ3n) is 3.29. The molecule has 0 amide bonds. The Labute approximate surface area is 99.7 Å². The Morgan fingerprint density at radius 2 is 1.82 bits per heavy atom. The van der Waals surface area contributed by atoms with E-state index < -0.39 is 0 Å². The minimum atomic E-state index is 0.713. The molecule has 2 heteroatoms. The first-order valence-electron chi connectivity index (χ1n) is 5.59.